The topological polar surface area (TPSA) is 4.44 Å². The lowest BCUT2D eigenvalue weighted by molar-refractivity contribution is -0.901. The van der Waals surface area contributed by atoms with Crippen LogP contribution in [0.3, 0.4) is 0 Å². The molecule has 1 aliphatic heterocycles. The largest absolute Gasteiger partial charge is 1.00 e. The number of halogens is 1. The quantitative estimate of drug-likeness (QED) is 0.578. The maximum absolute atomic E-state index is 3.30. The molecular formula is C13H18ClNS. The fraction of sp³-hybridized carbons (Fsp3) is 0.538. The van der Waals surface area contributed by atoms with E-state index in [0.29, 0.717) is 0 Å². The number of quaternary nitrogens is 1. The number of thiophene rings is 1. The average Bonchev–Trinajstić information content (AvgIpc) is 2.71. The Morgan fingerprint density at radius 3 is 3.12 bits per heavy atom. The van der Waals surface area contributed by atoms with E-state index in [1.807, 2.05) is 0 Å². The molecule has 1 nitrogen and oxygen atoms in total. The summed E-state index contributed by atoms with van der Waals surface area (Å²) in [6, 6.07) is 2.09. The van der Waals surface area contributed by atoms with Crippen molar-refractivity contribution in [1.29, 1.82) is 0 Å². The van der Waals surface area contributed by atoms with Gasteiger partial charge in [-0.05, 0) is 30.2 Å². The fourth-order valence-corrected chi connectivity index (χ4v) is 2.75. The first kappa shape index (κ1) is 13.6. The second-order valence-corrected chi connectivity index (χ2v) is 5.22. The van der Waals surface area contributed by atoms with Crippen LogP contribution >= 0.6 is 11.3 Å². The van der Waals surface area contributed by atoms with Gasteiger partial charge in [-0.2, -0.15) is 11.3 Å². The first-order chi connectivity index (χ1) is 7.34. The van der Waals surface area contributed by atoms with Crippen LogP contribution in [0.4, 0.5) is 0 Å². The molecule has 0 aliphatic carbocycles. The van der Waals surface area contributed by atoms with E-state index >= 15 is 0 Å². The highest BCUT2D eigenvalue weighted by atomic mass is 35.5. The highest BCUT2D eigenvalue weighted by Crippen LogP contribution is 2.04. The van der Waals surface area contributed by atoms with Crippen LogP contribution < -0.4 is 17.3 Å². The van der Waals surface area contributed by atoms with Gasteiger partial charge < -0.3 is 17.3 Å². The molecule has 2 unspecified atom stereocenters. The van der Waals surface area contributed by atoms with Crippen LogP contribution in [0.2, 0.25) is 0 Å². The molecule has 1 fully saturated rings. The zero-order valence-electron chi connectivity index (χ0n) is 9.63. The van der Waals surface area contributed by atoms with Gasteiger partial charge in [0.05, 0.1) is 13.1 Å². The van der Waals surface area contributed by atoms with E-state index in [2.05, 4.69) is 35.6 Å². The molecule has 3 heteroatoms. The molecule has 1 aromatic rings. The second kappa shape index (κ2) is 6.96. The third-order valence-electron chi connectivity index (χ3n) is 2.96. The summed E-state index contributed by atoms with van der Waals surface area (Å²) >= 11 is 1.72. The van der Waals surface area contributed by atoms with Gasteiger partial charge in [0.25, 0.3) is 0 Å². The maximum atomic E-state index is 3.30. The Balaban J connectivity index is 0.00000128. The Morgan fingerprint density at radius 1 is 1.56 bits per heavy atom. The zero-order chi connectivity index (χ0) is 10.5. The number of rotatable bonds is 1. The SMILES string of the molecule is CC1CCC[NH+](CC#Cc2ccsc2)C1.[Cl-]. The van der Waals surface area contributed by atoms with Gasteiger partial charge in [-0.1, -0.05) is 12.8 Å². The Bertz CT molecular complexity index is 350. The van der Waals surface area contributed by atoms with E-state index in [1.165, 1.54) is 31.5 Å². The Hall–Kier alpha value is -0.490. The Morgan fingerprint density at radius 2 is 2.44 bits per heavy atom. The molecule has 0 saturated carbocycles. The standard InChI is InChI=1S/C13H17NS.ClH/c1-12-4-2-7-14(10-12)8-3-5-13-6-9-15-11-13;/h6,9,11-12H,2,4,7-8,10H2,1H3;1H. The van der Waals surface area contributed by atoms with Gasteiger partial charge in [-0.25, -0.2) is 0 Å². The lowest BCUT2D eigenvalue weighted by Gasteiger charge is -2.26. The highest BCUT2D eigenvalue weighted by molar-refractivity contribution is 7.08. The third kappa shape index (κ3) is 4.17. The molecule has 1 aliphatic rings. The number of nitrogens with one attached hydrogen (secondary N) is 1. The van der Waals surface area contributed by atoms with Crippen molar-refractivity contribution in [2.24, 2.45) is 5.92 Å². The van der Waals surface area contributed by atoms with E-state index in [0.717, 1.165) is 12.5 Å². The van der Waals surface area contributed by atoms with E-state index in [9.17, 15) is 0 Å². The monoisotopic (exact) mass is 255 g/mol. The summed E-state index contributed by atoms with van der Waals surface area (Å²) in [4.78, 5) is 1.66. The van der Waals surface area contributed by atoms with Crippen LogP contribution in [0, 0.1) is 17.8 Å². The van der Waals surface area contributed by atoms with Crippen LogP contribution in [-0.2, 0) is 0 Å². The number of hydrogen-bond donors (Lipinski definition) is 1. The zero-order valence-corrected chi connectivity index (χ0v) is 11.2. The summed E-state index contributed by atoms with van der Waals surface area (Å²) in [7, 11) is 0. The molecule has 0 amide bonds. The second-order valence-electron chi connectivity index (χ2n) is 4.44. The average molecular weight is 256 g/mol. The minimum Gasteiger partial charge on any atom is -1.00 e. The molecule has 1 N–H and O–H groups in total. The van der Waals surface area contributed by atoms with E-state index in [-0.39, 0.29) is 12.4 Å². The van der Waals surface area contributed by atoms with Crippen molar-refractivity contribution in [3.8, 4) is 11.8 Å². The van der Waals surface area contributed by atoms with Crippen molar-refractivity contribution < 1.29 is 17.3 Å². The van der Waals surface area contributed by atoms with Crippen molar-refractivity contribution in [1.82, 2.24) is 0 Å². The fourth-order valence-electron chi connectivity index (χ4n) is 2.16. The van der Waals surface area contributed by atoms with Crippen molar-refractivity contribution in [2.45, 2.75) is 19.8 Å². The summed E-state index contributed by atoms with van der Waals surface area (Å²) in [5.41, 5.74) is 1.17. The van der Waals surface area contributed by atoms with Crippen LogP contribution in [0.5, 0.6) is 0 Å². The molecule has 16 heavy (non-hydrogen) atoms. The van der Waals surface area contributed by atoms with E-state index < -0.39 is 0 Å². The third-order valence-corrected chi connectivity index (χ3v) is 3.64. The number of hydrogen-bond acceptors (Lipinski definition) is 1. The minimum atomic E-state index is 0. The summed E-state index contributed by atoms with van der Waals surface area (Å²) < 4.78 is 0. The van der Waals surface area contributed by atoms with E-state index in [4.69, 9.17) is 0 Å². The first-order valence-corrected chi connectivity index (χ1v) is 6.63. The molecule has 2 rings (SSSR count). The van der Waals surface area contributed by atoms with Gasteiger partial charge in [-0.3, -0.25) is 0 Å². The summed E-state index contributed by atoms with van der Waals surface area (Å²) in [5.74, 6) is 7.41. The number of likely N-dealkylation sites (tertiary alicyclic amines) is 1. The predicted molar refractivity (Wildman–Crippen MR) is 65.2 cm³/mol. The van der Waals surface area contributed by atoms with Gasteiger partial charge in [0.2, 0.25) is 0 Å². The Labute approximate surface area is 108 Å². The van der Waals surface area contributed by atoms with Gasteiger partial charge in [0.1, 0.15) is 6.54 Å². The molecular weight excluding hydrogens is 238 g/mol. The van der Waals surface area contributed by atoms with Crippen LogP contribution in [0.1, 0.15) is 25.3 Å². The first-order valence-electron chi connectivity index (χ1n) is 5.69. The van der Waals surface area contributed by atoms with Crippen LogP contribution in [0.25, 0.3) is 0 Å². The van der Waals surface area contributed by atoms with Gasteiger partial charge in [0, 0.05) is 16.9 Å². The molecule has 0 bridgehead atoms. The normalized spacial score (nSPS) is 24.1. The van der Waals surface area contributed by atoms with Crippen molar-refractivity contribution in [2.75, 3.05) is 19.6 Å². The highest BCUT2D eigenvalue weighted by Gasteiger charge is 2.17. The van der Waals surface area contributed by atoms with Crippen molar-refractivity contribution >= 4 is 11.3 Å². The molecule has 0 radical (unpaired) electrons. The number of piperidine rings is 1. The lowest BCUT2D eigenvalue weighted by atomic mass is 10.0. The summed E-state index contributed by atoms with van der Waals surface area (Å²) in [6.07, 6.45) is 2.78. The van der Waals surface area contributed by atoms with Gasteiger partial charge in [0.15, 0.2) is 0 Å². The Kier molecular flexibility index (Phi) is 5.90. The summed E-state index contributed by atoms with van der Waals surface area (Å²) in [6.45, 7) is 5.98. The summed E-state index contributed by atoms with van der Waals surface area (Å²) in [5, 5.41) is 4.20. The van der Waals surface area contributed by atoms with Gasteiger partial charge in [-0.15, -0.1) is 0 Å². The van der Waals surface area contributed by atoms with Crippen LogP contribution in [-0.4, -0.2) is 19.6 Å². The molecule has 2 atom stereocenters. The van der Waals surface area contributed by atoms with Crippen molar-refractivity contribution in [3.05, 3.63) is 22.4 Å². The maximum Gasteiger partial charge on any atom is 0.139 e. The lowest BCUT2D eigenvalue weighted by Crippen LogP contribution is -3.13. The predicted octanol–water partition coefficient (Wildman–Crippen LogP) is -1.58. The van der Waals surface area contributed by atoms with Gasteiger partial charge >= 0.3 is 0 Å². The molecule has 1 aromatic heterocycles. The van der Waals surface area contributed by atoms with Crippen LogP contribution in [0.15, 0.2) is 16.8 Å². The van der Waals surface area contributed by atoms with Crippen molar-refractivity contribution in [3.63, 3.8) is 0 Å². The molecule has 2 heterocycles. The minimum absolute atomic E-state index is 0. The molecule has 1 saturated heterocycles. The molecule has 0 aromatic carbocycles. The smallest absolute Gasteiger partial charge is 0.139 e. The molecule has 0 spiro atoms. The molecule has 88 valence electrons. The van der Waals surface area contributed by atoms with E-state index in [1.54, 1.807) is 16.2 Å².